The Labute approximate surface area is 216 Å². The number of amides is 1. The Morgan fingerprint density at radius 2 is 1.56 bits per heavy atom. The Kier molecular flexibility index (Phi) is 7.37. The second kappa shape index (κ2) is 10.0. The van der Waals surface area contributed by atoms with E-state index in [-0.39, 0.29) is 11.7 Å². The average Bonchev–Trinajstić information content (AvgIpc) is 2.83. The summed E-state index contributed by atoms with van der Waals surface area (Å²) in [5.74, 6) is -1.03. The summed E-state index contributed by atoms with van der Waals surface area (Å²) in [5, 5.41) is -1.09. The second-order valence-electron chi connectivity index (χ2n) is 9.96. The highest BCUT2D eigenvalue weighted by Gasteiger charge is 2.63. The smallest absolute Gasteiger partial charge is 0.316 e. The van der Waals surface area contributed by atoms with E-state index < -0.39 is 43.4 Å². The van der Waals surface area contributed by atoms with E-state index in [9.17, 15) is 18.0 Å². The Morgan fingerprint density at radius 3 is 2.03 bits per heavy atom. The van der Waals surface area contributed by atoms with Crippen LogP contribution >= 0.6 is 11.8 Å². The van der Waals surface area contributed by atoms with Crippen LogP contribution in [0.25, 0.3) is 0 Å². The fraction of sp³-hybridized carbons (Fsp3) is 0.407. The molecule has 9 heteroatoms. The quantitative estimate of drug-likeness (QED) is 0.390. The number of allylic oxidation sites excluding steroid dienone is 1. The molecule has 2 aromatic carbocycles. The van der Waals surface area contributed by atoms with Crippen LogP contribution in [0.3, 0.4) is 0 Å². The SMILES string of the molecule is CO[C@H]1C(=O)N2C(C(C)(C)C)=C(C)C(SCC(=O)OC(c3ccccc3)c3ccccc3)S(=O)(=O)[C@H]12. The molecule has 0 saturated carbocycles. The largest absolute Gasteiger partial charge is 0.452 e. The van der Waals surface area contributed by atoms with Crippen molar-refractivity contribution in [2.75, 3.05) is 12.9 Å². The van der Waals surface area contributed by atoms with E-state index in [0.29, 0.717) is 11.3 Å². The van der Waals surface area contributed by atoms with Crippen molar-refractivity contribution in [2.24, 2.45) is 5.41 Å². The van der Waals surface area contributed by atoms with Gasteiger partial charge < -0.3 is 9.47 Å². The molecular weight excluding hydrogens is 498 g/mol. The number of nitrogens with zero attached hydrogens (tertiary/aromatic N) is 1. The van der Waals surface area contributed by atoms with Crippen LogP contribution in [0, 0.1) is 5.41 Å². The van der Waals surface area contributed by atoms with Crippen molar-refractivity contribution in [2.45, 2.75) is 49.9 Å². The molecule has 1 amide bonds. The number of carbonyl (C=O) groups excluding carboxylic acids is 2. The van der Waals surface area contributed by atoms with E-state index >= 15 is 0 Å². The third-order valence-corrected chi connectivity index (χ3v) is 10.7. The molecule has 2 aromatic rings. The summed E-state index contributed by atoms with van der Waals surface area (Å²) in [7, 11) is -2.51. The van der Waals surface area contributed by atoms with E-state index in [0.717, 1.165) is 22.9 Å². The summed E-state index contributed by atoms with van der Waals surface area (Å²) in [5.41, 5.74) is 2.40. The van der Waals surface area contributed by atoms with Gasteiger partial charge in [-0.25, -0.2) is 8.42 Å². The lowest BCUT2D eigenvalue weighted by Gasteiger charge is -2.53. The molecule has 1 fully saturated rings. The number of methoxy groups -OCH3 is 1. The van der Waals surface area contributed by atoms with E-state index in [1.165, 1.54) is 12.0 Å². The van der Waals surface area contributed by atoms with Gasteiger partial charge in [0.1, 0.15) is 4.58 Å². The van der Waals surface area contributed by atoms with E-state index in [1.54, 1.807) is 6.92 Å². The molecule has 0 spiro atoms. The number of fused-ring (bicyclic) bond motifs is 1. The minimum atomic E-state index is -3.85. The monoisotopic (exact) mass is 529 g/mol. The van der Waals surface area contributed by atoms with Gasteiger partial charge in [0.2, 0.25) is 0 Å². The summed E-state index contributed by atoms with van der Waals surface area (Å²) in [6.07, 6.45) is -1.65. The first-order chi connectivity index (χ1) is 17.0. The van der Waals surface area contributed by atoms with Crippen LogP contribution in [-0.2, 0) is 28.9 Å². The van der Waals surface area contributed by atoms with Crippen LogP contribution in [0.4, 0.5) is 0 Å². The lowest BCUT2D eigenvalue weighted by molar-refractivity contribution is -0.160. The van der Waals surface area contributed by atoms with E-state index in [2.05, 4.69) is 0 Å². The number of thioether (sulfide) groups is 1. The summed E-state index contributed by atoms with van der Waals surface area (Å²) < 4.78 is 37.3. The van der Waals surface area contributed by atoms with Gasteiger partial charge in [-0.2, -0.15) is 0 Å². The lowest BCUT2D eigenvalue weighted by Crippen LogP contribution is -2.71. The van der Waals surface area contributed by atoms with Gasteiger partial charge in [-0.3, -0.25) is 14.5 Å². The normalized spacial score (nSPS) is 23.3. The van der Waals surface area contributed by atoms with Crippen molar-refractivity contribution in [3.05, 3.63) is 83.1 Å². The predicted molar refractivity (Wildman–Crippen MR) is 140 cm³/mol. The van der Waals surface area contributed by atoms with Gasteiger partial charge in [-0.1, -0.05) is 81.4 Å². The lowest BCUT2D eigenvalue weighted by atomic mass is 9.85. The van der Waals surface area contributed by atoms with Crippen LogP contribution in [-0.4, -0.2) is 54.1 Å². The molecule has 4 rings (SSSR count). The topological polar surface area (TPSA) is 90.0 Å². The van der Waals surface area contributed by atoms with Crippen molar-refractivity contribution in [3.63, 3.8) is 0 Å². The maximum Gasteiger partial charge on any atom is 0.316 e. The number of benzene rings is 2. The molecule has 36 heavy (non-hydrogen) atoms. The molecule has 2 aliphatic heterocycles. The fourth-order valence-electron chi connectivity index (χ4n) is 4.95. The molecule has 0 aromatic heterocycles. The predicted octanol–water partition coefficient (Wildman–Crippen LogP) is 4.31. The molecule has 2 aliphatic rings. The Hall–Kier alpha value is -2.62. The highest BCUT2D eigenvalue weighted by atomic mass is 32.3. The standard InChI is InChI=1S/C27H31NO6S2/c1-17-23(27(2,3)4)28-24(30)22(33-5)25(28)36(31,32)26(17)35-16-20(29)34-21(18-12-8-6-9-13-18)19-14-10-7-11-15-19/h6-15,21-22,25-26H,16H2,1-5H3/t22-,25+,26?/m0/s1. The molecule has 192 valence electrons. The Balaban J connectivity index is 1.59. The molecule has 0 aliphatic carbocycles. The van der Waals surface area contributed by atoms with Crippen molar-refractivity contribution in [3.8, 4) is 0 Å². The number of hydrogen-bond donors (Lipinski definition) is 0. The number of esters is 1. The molecule has 2 heterocycles. The highest BCUT2D eigenvalue weighted by Crippen LogP contribution is 2.49. The Morgan fingerprint density at radius 1 is 1.03 bits per heavy atom. The van der Waals surface area contributed by atoms with Crippen molar-refractivity contribution < 1.29 is 27.5 Å². The van der Waals surface area contributed by atoms with Crippen LogP contribution in [0.15, 0.2) is 71.9 Å². The maximum atomic E-state index is 13.6. The van der Waals surface area contributed by atoms with E-state index in [4.69, 9.17) is 9.47 Å². The number of rotatable bonds is 7. The van der Waals surface area contributed by atoms with Crippen molar-refractivity contribution in [1.82, 2.24) is 4.90 Å². The molecular formula is C27H31NO6S2. The maximum absolute atomic E-state index is 13.6. The number of hydrogen-bond acceptors (Lipinski definition) is 7. The van der Waals surface area contributed by atoms with Gasteiger partial charge >= 0.3 is 5.97 Å². The van der Waals surface area contributed by atoms with Gasteiger partial charge in [0.25, 0.3) is 5.91 Å². The highest BCUT2D eigenvalue weighted by molar-refractivity contribution is 8.14. The zero-order valence-corrected chi connectivity index (χ0v) is 22.6. The van der Waals surface area contributed by atoms with Crippen molar-refractivity contribution >= 4 is 33.5 Å². The summed E-state index contributed by atoms with van der Waals surface area (Å²) in [4.78, 5) is 27.1. The first-order valence-corrected chi connectivity index (χ1v) is 14.3. The Bertz CT molecular complexity index is 1230. The van der Waals surface area contributed by atoms with Gasteiger partial charge in [0.15, 0.2) is 27.4 Å². The zero-order chi connectivity index (χ0) is 26.3. The molecule has 1 saturated heterocycles. The summed E-state index contributed by atoms with van der Waals surface area (Å²) in [6, 6.07) is 18.8. The average molecular weight is 530 g/mol. The number of ether oxygens (including phenoxy) is 2. The number of sulfone groups is 1. The van der Waals surface area contributed by atoms with Gasteiger partial charge in [-0.05, 0) is 23.6 Å². The van der Waals surface area contributed by atoms with Crippen molar-refractivity contribution in [1.29, 1.82) is 0 Å². The van der Waals surface area contributed by atoms with Crippen LogP contribution in [0.1, 0.15) is 44.9 Å². The third-order valence-electron chi connectivity index (χ3n) is 6.37. The second-order valence-corrected chi connectivity index (χ2v) is 13.5. The third kappa shape index (κ3) is 4.71. The minimum Gasteiger partial charge on any atom is -0.452 e. The molecule has 7 nitrogen and oxygen atoms in total. The first kappa shape index (κ1) is 26.4. The van der Waals surface area contributed by atoms with Crippen LogP contribution in [0.2, 0.25) is 0 Å². The van der Waals surface area contributed by atoms with Crippen LogP contribution < -0.4 is 0 Å². The molecule has 0 N–H and O–H groups in total. The molecule has 0 radical (unpaired) electrons. The number of carbonyl (C=O) groups is 2. The molecule has 0 bridgehead atoms. The zero-order valence-electron chi connectivity index (χ0n) is 21.0. The number of β-lactam (4-membered cyclic amide) rings is 1. The van der Waals surface area contributed by atoms with Gasteiger partial charge in [-0.15, -0.1) is 11.8 Å². The first-order valence-electron chi connectivity index (χ1n) is 11.7. The fourth-order valence-corrected chi connectivity index (χ4v) is 8.91. The van der Waals surface area contributed by atoms with Gasteiger partial charge in [0, 0.05) is 18.2 Å². The molecule has 1 unspecified atom stereocenters. The van der Waals surface area contributed by atoms with E-state index in [1.807, 2.05) is 81.4 Å². The molecule has 3 atom stereocenters. The minimum absolute atomic E-state index is 0.160. The van der Waals surface area contributed by atoms with Gasteiger partial charge in [0.05, 0.1) is 5.75 Å². The van der Waals surface area contributed by atoms with Crippen LogP contribution in [0.5, 0.6) is 0 Å². The summed E-state index contributed by atoms with van der Waals surface area (Å²) in [6.45, 7) is 7.54. The summed E-state index contributed by atoms with van der Waals surface area (Å²) >= 11 is 1.01.